The first-order chi connectivity index (χ1) is 6.77. The molecule has 0 amide bonds. The molecule has 0 aliphatic heterocycles. The quantitative estimate of drug-likeness (QED) is 0.667. The van der Waals surface area contributed by atoms with Crippen LogP contribution in [0.5, 0.6) is 0 Å². The van der Waals surface area contributed by atoms with E-state index >= 15 is 0 Å². The molecule has 2 rings (SSSR count). The van der Waals surface area contributed by atoms with Crippen molar-refractivity contribution in [3.8, 4) is 5.82 Å². The van der Waals surface area contributed by atoms with Crippen molar-refractivity contribution in [2.75, 3.05) is 0 Å². The molecule has 0 unspecified atom stereocenters. The molecule has 14 heavy (non-hydrogen) atoms. The molecule has 0 saturated carbocycles. The van der Waals surface area contributed by atoms with E-state index in [-0.39, 0.29) is 5.56 Å². The third kappa shape index (κ3) is 1.54. The van der Waals surface area contributed by atoms with Crippen molar-refractivity contribution >= 4 is 0 Å². The molecule has 2 heterocycles. The first kappa shape index (κ1) is 8.62. The van der Waals surface area contributed by atoms with E-state index < -0.39 is 0 Å². The van der Waals surface area contributed by atoms with Gasteiger partial charge < -0.3 is 0 Å². The molecule has 4 heteroatoms. The largest absolute Gasteiger partial charge is 0.269 e. The fraction of sp³-hybridized carbons (Fsp3) is 0.100. The Balaban J connectivity index is 2.63. The van der Waals surface area contributed by atoms with E-state index in [1.54, 1.807) is 30.9 Å². The summed E-state index contributed by atoms with van der Waals surface area (Å²) in [6, 6.07) is 3.29. The van der Waals surface area contributed by atoms with Crippen molar-refractivity contribution in [3.63, 3.8) is 0 Å². The zero-order valence-electron chi connectivity index (χ0n) is 7.71. The monoisotopic (exact) mass is 187 g/mol. The topological polar surface area (TPSA) is 47.8 Å². The molecule has 2 aromatic rings. The molecule has 2 aromatic heterocycles. The van der Waals surface area contributed by atoms with Gasteiger partial charge >= 0.3 is 0 Å². The van der Waals surface area contributed by atoms with Gasteiger partial charge in [-0.2, -0.15) is 0 Å². The lowest BCUT2D eigenvalue weighted by molar-refractivity contribution is 0.916. The molecule has 0 aliphatic rings. The molecule has 0 aliphatic carbocycles. The normalized spacial score (nSPS) is 10.1. The van der Waals surface area contributed by atoms with Crippen LogP contribution in [0.1, 0.15) is 5.56 Å². The van der Waals surface area contributed by atoms with Gasteiger partial charge in [-0.1, -0.05) is 6.07 Å². The zero-order chi connectivity index (χ0) is 9.97. The van der Waals surface area contributed by atoms with Gasteiger partial charge in [-0.3, -0.25) is 14.3 Å². The number of nitrogens with zero attached hydrogens (tertiary/aromatic N) is 3. The molecule has 0 N–H and O–H groups in total. The summed E-state index contributed by atoms with van der Waals surface area (Å²) in [6.07, 6.45) is 6.43. The third-order valence-electron chi connectivity index (χ3n) is 1.86. The van der Waals surface area contributed by atoms with E-state index in [0.717, 1.165) is 5.56 Å². The summed E-state index contributed by atoms with van der Waals surface area (Å²) in [5.74, 6) is 0.543. The number of hydrogen-bond acceptors (Lipinski definition) is 3. The second-order valence-electron chi connectivity index (χ2n) is 2.98. The van der Waals surface area contributed by atoms with Crippen LogP contribution in [-0.4, -0.2) is 14.5 Å². The maximum atomic E-state index is 11.5. The molecule has 0 fully saturated rings. The van der Waals surface area contributed by atoms with Crippen LogP contribution < -0.4 is 5.56 Å². The van der Waals surface area contributed by atoms with Crippen molar-refractivity contribution in [3.05, 3.63) is 52.8 Å². The molecule has 0 radical (unpaired) electrons. The maximum Gasteiger partial charge on any atom is 0.256 e. The first-order valence-corrected chi connectivity index (χ1v) is 4.23. The smallest absolute Gasteiger partial charge is 0.256 e. The highest BCUT2D eigenvalue weighted by Gasteiger charge is 1.99. The summed E-state index contributed by atoms with van der Waals surface area (Å²) in [6.45, 7) is 1.92. The predicted molar refractivity (Wildman–Crippen MR) is 52.4 cm³/mol. The minimum Gasteiger partial charge on any atom is -0.269 e. The van der Waals surface area contributed by atoms with Gasteiger partial charge in [-0.05, 0) is 12.5 Å². The standard InChI is InChI=1S/C10H9N3O/c1-8-2-3-10(14)13(7-8)9-6-11-4-5-12-9/h2-7H,1H3. The lowest BCUT2D eigenvalue weighted by atomic mass is 10.3. The van der Waals surface area contributed by atoms with E-state index in [9.17, 15) is 4.79 Å². The highest BCUT2D eigenvalue weighted by molar-refractivity contribution is 5.21. The highest BCUT2D eigenvalue weighted by atomic mass is 16.1. The fourth-order valence-corrected chi connectivity index (χ4v) is 1.19. The van der Waals surface area contributed by atoms with E-state index in [2.05, 4.69) is 9.97 Å². The molecule has 0 atom stereocenters. The van der Waals surface area contributed by atoms with Gasteiger partial charge in [0.25, 0.3) is 5.56 Å². The van der Waals surface area contributed by atoms with Crippen LogP contribution in [0.25, 0.3) is 5.82 Å². The third-order valence-corrected chi connectivity index (χ3v) is 1.86. The Morgan fingerprint density at radius 1 is 1.29 bits per heavy atom. The summed E-state index contributed by atoms with van der Waals surface area (Å²) in [5, 5.41) is 0. The maximum absolute atomic E-state index is 11.5. The van der Waals surface area contributed by atoms with Crippen molar-refractivity contribution in [1.29, 1.82) is 0 Å². The molecule has 0 saturated heterocycles. The van der Waals surface area contributed by atoms with Crippen molar-refractivity contribution < 1.29 is 0 Å². The van der Waals surface area contributed by atoms with Gasteiger partial charge in [0.2, 0.25) is 0 Å². The van der Waals surface area contributed by atoms with Crippen molar-refractivity contribution in [2.24, 2.45) is 0 Å². The van der Waals surface area contributed by atoms with E-state index in [1.807, 2.05) is 6.92 Å². The zero-order valence-corrected chi connectivity index (χ0v) is 7.71. The Labute approximate surface area is 80.9 Å². The van der Waals surface area contributed by atoms with Crippen LogP contribution in [0.4, 0.5) is 0 Å². The molecular weight excluding hydrogens is 178 g/mol. The Kier molecular flexibility index (Phi) is 2.10. The van der Waals surface area contributed by atoms with Crippen LogP contribution in [0, 0.1) is 6.92 Å². The second-order valence-corrected chi connectivity index (χ2v) is 2.98. The first-order valence-electron chi connectivity index (χ1n) is 4.23. The van der Waals surface area contributed by atoms with Crippen LogP contribution in [0.15, 0.2) is 41.7 Å². The highest BCUT2D eigenvalue weighted by Crippen LogP contribution is 1.99. The minimum absolute atomic E-state index is 0.101. The van der Waals surface area contributed by atoms with Gasteiger partial charge in [-0.15, -0.1) is 0 Å². The van der Waals surface area contributed by atoms with Crippen LogP contribution in [0.3, 0.4) is 0 Å². The van der Waals surface area contributed by atoms with E-state index in [1.165, 1.54) is 10.6 Å². The van der Waals surface area contributed by atoms with Crippen molar-refractivity contribution in [2.45, 2.75) is 6.92 Å². The Bertz CT molecular complexity index is 490. The average Bonchev–Trinajstić information content (AvgIpc) is 2.23. The Morgan fingerprint density at radius 2 is 2.14 bits per heavy atom. The molecule has 70 valence electrons. The van der Waals surface area contributed by atoms with Gasteiger partial charge in [0.1, 0.15) is 0 Å². The van der Waals surface area contributed by atoms with Crippen LogP contribution in [-0.2, 0) is 0 Å². The van der Waals surface area contributed by atoms with Gasteiger partial charge in [-0.25, -0.2) is 4.98 Å². The Morgan fingerprint density at radius 3 is 2.86 bits per heavy atom. The van der Waals surface area contributed by atoms with Crippen molar-refractivity contribution in [1.82, 2.24) is 14.5 Å². The predicted octanol–water partition coefficient (Wildman–Crippen LogP) is 0.936. The number of aromatic nitrogens is 3. The molecule has 0 aromatic carbocycles. The minimum atomic E-state index is -0.101. The number of hydrogen-bond donors (Lipinski definition) is 0. The van der Waals surface area contributed by atoms with Crippen LogP contribution in [0.2, 0.25) is 0 Å². The summed E-state index contributed by atoms with van der Waals surface area (Å²) in [5.41, 5.74) is 0.909. The Hall–Kier alpha value is -1.97. The number of rotatable bonds is 1. The number of pyridine rings is 1. The van der Waals surface area contributed by atoms with Gasteiger partial charge in [0.05, 0.1) is 6.20 Å². The van der Waals surface area contributed by atoms with E-state index in [4.69, 9.17) is 0 Å². The molecule has 0 spiro atoms. The lowest BCUT2D eigenvalue weighted by Gasteiger charge is -2.03. The van der Waals surface area contributed by atoms with E-state index in [0.29, 0.717) is 5.82 Å². The number of aryl methyl sites for hydroxylation is 1. The van der Waals surface area contributed by atoms with Gasteiger partial charge in [0, 0.05) is 24.7 Å². The average molecular weight is 187 g/mol. The second kappa shape index (κ2) is 3.41. The SMILES string of the molecule is Cc1ccc(=O)n(-c2cnccn2)c1. The summed E-state index contributed by atoms with van der Waals surface area (Å²) < 4.78 is 1.47. The van der Waals surface area contributed by atoms with Gasteiger partial charge in [0.15, 0.2) is 5.82 Å². The molecule has 0 bridgehead atoms. The summed E-state index contributed by atoms with van der Waals surface area (Å²) in [7, 11) is 0. The lowest BCUT2D eigenvalue weighted by Crippen LogP contribution is -2.17. The summed E-state index contributed by atoms with van der Waals surface area (Å²) in [4.78, 5) is 19.4. The molecule has 4 nitrogen and oxygen atoms in total. The summed E-state index contributed by atoms with van der Waals surface area (Å²) >= 11 is 0. The fourth-order valence-electron chi connectivity index (χ4n) is 1.19. The van der Waals surface area contributed by atoms with Crippen LogP contribution >= 0.6 is 0 Å². The molecular formula is C10H9N3O.